The van der Waals surface area contributed by atoms with Gasteiger partial charge in [-0.25, -0.2) is 13.4 Å². The molecule has 6 nitrogen and oxygen atoms in total. The van der Waals surface area contributed by atoms with Gasteiger partial charge in [-0.1, -0.05) is 53.5 Å². The van der Waals surface area contributed by atoms with E-state index in [0.717, 1.165) is 5.56 Å². The lowest BCUT2D eigenvalue weighted by molar-refractivity contribution is -0.0490. The number of halogens is 5. The highest BCUT2D eigenvalue weighted by Gasteiger charge is 2.50. The first-order valence-electron chi connectivity index (χ1n) is 9.77. The Balaban J connectivity index is 1.68. The van der Waals surface area contributed by atoms with Crippen LogP contribution in [-0.4, -0.2) is 54.4 Å². The highest BCUT2D eigenvalue weighted by Crippen LogP contribution is 2.35. The highest BCUT2D eigenvalue weighted by atomic mass is 35.5. The maximum Gasteiger partial charge on any atom is 0.511 e. The predicted molar refractivity (Wildman–Crippen MR) is 122 cm³/mol. The monoisotopic (exact) mass is 516 g/mol. The number of hydrogen-bond donors (Lipinski definition) is 0. The first-order valence-corrected chi connectivity index (χ1v) is 12.0. The molecular weight excluding hydrogens is 500 g/mol. The van der Waals surface area contributed by atoms with E-state index in [1.54, 1.807) is 47.4 Å². The van der Waals surface area contributed by atoms with Crippen LogP contribution in [0.3, 0.4) is 0 Å². The molecule has 0 unspecified atom stereocenters. The number of rotatable bonds is 4. The molecule has 3 aromatic rings. The van der Waals surface area contributed by atoms with Gasteiger partial charge in [0.2, 0.25) is 0 Å². The number of hydrogen-bond acceptors (Lipinski definition) is 5. The van der Waals surface area contributed by atoms with E-state index in [1.165, 1.54) is 6.20 Å². The number of piperazine rings is 1. The van der Waals surface area contributed by atoms with Crippen molar-refractivity contribution in [2.45, 2.75) is 5.51 Å². The predicted octanol–water partition coefficient (Wildman–Crippen LogP) is 5.09. The second kappa shape index (κ2) is 9.09. The number of aromatic nitrogens is 2. The minimum atomic E-state index is -5.37. The van der Waals surface area contributed by atoms with E-state index < -0.39 is 15.5 Å². The summed E-state index contributed by atoms with van der Waals surface area (Å²) in [4.78, 5) is 11.0. The van der Waals surface area contributed by atoms with Crippen LogP contribution in [0, 0.1) is 0 Å². The summed E-state index contributed by atoms with van der Waals surface area (Å²) in [5.74, 6) is 0.409. The molecule has 0 aliphatic carbocycles. The zero-order valence-electron chi connectivity index (χ0n) is 16.9. The summed E-state index contributed by atoms with van der Waals surface area (Å²) in [5.41, 5.74) is -2.88. The maximum absolute atomic E-state index is 12.9. The molecule has 1 aliphatic heterocycles. The Bertz CT molecular complexity index is 1260. The average molecular weight is 517 g/mol. The van der Waals surface area contributed by atoms with Gasteiger partial charge >= 0.3 is 15.5 Å². The van der Waals surface area contributed by atoms with Gasteiger partial charge in [0.05, 0.1) is 16.9 Å². The Morgan fingerprint density at radius 1 is 0.879 bits per heavy atom. The third kappa shape index (κ3) is 4.79. The van der Waals surface area contributed by atoms with Gasteiger partial charge in [-0.3, -0.25) is 4.98 Å². The van der Waals surface area contributed by atoms with Crippen molar-refractivity contribution in [1.82, 2.24) is 14.3 Å². The van der Waals surface area contributed by atoms with E-state index >= 15 is 0 Å². The van der Waals surface area contributed by atoms with E-state index in [-0.39, 0.29) is 26.2 Å². The summed E-state index contributed by atoms with van der Waals surface area (Å²) >= 11 is 12.4. The first-order chi connectivity index (χ1) is 15.6. The smallest absolute Gasteiger partial charge is 0.353 e. The van der Waals surface area contributed by atoms with E-state index in [0.29, 0.717) is 37.1 Å². The van der Waals surface area contributed by atoms with Crippen molar-refractivity contribution in [3.8, 4) is 22.5 Å². The molecular formula is C21H17Cl2F3N4O2S. The van der Waals surface area contributed by atoms with Crippen LogP contribution in [-0.2, 0) is 10.0 Å². The zero-order chi connectivity index (χ0) is 23.8. The van der Waals surface area contributed by atoms with E-state index in [9.17, 15) is 21.6 Å². The topological polar surface area (TPSA) is 66.4 Å². The van der Waals surface area contributed by atoms with Crippen molar-refractivity contribution in [3.63, 3.8) is 0 Å². The van der Waals surface area contributed by atoms with Crippen LogP contribution < -0.4 is 4.90 Å². The summed E-state index contributed by atoms with van der Waals surface area (Å²) in [5, 5.41) is 1.02. The Hall–Kier alpha value is -2.40. The van der Waals surface area contributed by atoms with Crippen LogP contribution in [0.15, 0.2) is 54.7 Å². The molecule has 174 valence electrons. The number of nitrogens with zero attached hydrogens (tertiary/aromatic N) is 4. The van der Waals surface area contributed by atoms with Crippen molar-refractivity contribution >= 4 is 39.0 Å². The summed E-state index contributed by atoms with van der Waals surface area (Å²) < 4.78 is 62.4. The van der Waals surface area contributed by atoms with Crippen molar-refractivity contribution in [1.29, 1.82) is 0 Å². The molecule has 1 aromatic heterocycles. The molecule has 12 heteroatoms. The summed E-state index contributed by atoms with van der Waals surface area (Å²) in [6.45, 7) is -0.563. The van der Waals surface area contributed by atoms with Gasteiger partial charge in [0.15, 0.2) is 0 Å². The molecule has 1 aliphatic rings. The fourth-order valence-corrected chi connectivity index (χ4v) is 4.78. The van der Waals surface area contributed by atoms with Gasteiger partial charge in [-0.05, 0) is 18.2 Å². The minimum absolute atomic E-state index is 0.0340. The number of anilines is 1. The average Bonchev–Trinajstić information content (AvgIpc) is 2.79. The third-order valence-electron chi connectivity index (χ3n) is 5.20. The fraction of sp³-hybridized carbons (Fsp3) is 0.238. The molecule has 2 heterocycles. The molecule has 0 amide bonds. The lowest BCUT2D eigenvalue weighted by Gasteiger charge is -2.34. The Kier molecular flexibility index (Phi) is 6.54. The standard InChI is InChI=1S/C21H17Cl2F3N4O2S/c22-15-7-5-14(6-8-15)19-20(16-3-1-2-4-17(16)23)28-18(13-27-19)29-9-11-30(12-10-29)33(31,32)21(24,25)26/h1-8,13H,9-12H2. The lowest BCUT2D eigenvalue weighted by Crippen LogP contribution is -2.52. The van der Waals surface area contributed by atoms with Crippen LogP contribution in [0.4, 0.5) is 19.0 Å². The zero-order valence-corrected chi connectivity index (χ0v) is 19.3. The van der Waals surface area contributed by atoms with Crippen LogP contribution >= 0.6 is 23.2 Å². The van der Waals surface area contributed by atoms with Gasteiger partial charge < -0.3 is 4.90 Å². The molecule has 0 saturated carbocycles. The molecule has 0 radical (unpaired) electrons. The van der Waals surface area contributed by atoms with Crippen LogP contribution in [0.2, 0.25) is 10.0 Å². The molecule has 0 atom stereocenters. The molecule has 0 bridgehead atoms. The van der Waals surface area contributed by atoms with Crippen molar-refractivity contribution in [2.75, 3.05) is 31.1 Å². The second-order valence-corrected chi connectivity index (χ2v) is 10.0. The number of sulfonamides is 1. The lowest BCUT2D eigenvalue weighted by atomic mass is 10.0. The fourth-order valence-electron chi connectivity index (χ4n) is 3.50. The minimum Gasteiger partial charge on any atom is -0.353 e. The van der Waals surface area contributed by atoms with Gasteiger partial charge in [0, 0.05) is 42.3 Å². The van der Waals surface area contributed by atoms with Crippen molar-refractivity contribution in [2.24, 2.45) is 0 Å². The Morgan fingerprint density at radius 2 is 1.52 bits per heavy atom. The maximum atomic E-state index is 12.9. The normalized spacial score (nSPS) is 15.6. The first kappa shape index (κ1) is 23.7. The molecule has 0 spiro atoms. The third-order valence-corrected chi connectivity index (χ3v) is 7.41. The molecule has 1 saturated heterocycles. The number of benzene rings is 2. The highest BCUT2D eigenvalue weighted by molar-refractivity contribution is 7.90. The number of alkyl halides is 3. The Morgan fingerprint density at radius 3 is 2.12 bits per heavy atom. The van der Waals surface area contributed by atoms with Crippen LogP contribution in [0.1, 0.15) is 0 Å². The summed E-state index contributed by atoms with van der Waals surface area (Å²) in [6, 6.07) is 14.2. The molecule has 2 aromatic carbocycles. The molecule has 33 heavy (non-hydrogen) atoms. The summed E-state index contributed by atoms with van der Waals surface area (Å²) in [6.07, 6.45) is 1.51. The molecule has 4 rings (SSSR count). The van der Waals surface area contributed by atoms with E-state index in [1.807, 2.05) is 6.07 Å². The summed E-state index contributed by atoms with van der Waals surface area (Å²) in [7, 11) is -5.37. The van der Waals surface area contributed by atoms with Crippen molar-refractivity contribution < 1.29 is 21.6 Å². The van der Waals surface area contributed by atoms with Crippen LogP contribution in [0.25, 0.3) is 22.5 Å². The van der Waals surface area contributed by atoms with Gasteiger partial charge in [0.1, 0.15) is 11.5 Å². The second-order valence-electron chi connectivity index (χ2n) is 7.25. The van der Waals surface area contributed by atoms with Gasteiger partial charge in [-0.2, -0.15) is 17.5 Å². The van der Waals surface area contributed by atoms with E-state index in [4.69, 9.17) is 28.2 Å². The largest absolute Gasteiger partial charge is 0.511 e. The van der Waals surface area contributed by atoms with Gasteiger partial charge in [0.25, 0.3) is 0 Å². The Labute approximate surface area is 198 Å². The van der Waals surface area contributed by atoms with E-state index in [2.05, 4.69) is 4.98 Å². The quantitative estimate of drug-likeness (QED) is 0.483. The molecule has 1 fully saturated rings. The van der Waals surface area contributed by atoms with Crippen LogP contribution in [0.5, 0.6) is 0 Å². The van der Waals surface area contributed by atoms with Gasteiger partial charge in [-0.15, -0.1) is 0 Å². The van der Waals surface area contributed by atoms with Crippen molar-refractivity contribution in [3.05, 3.63) is 64.8 Å². The molecule has 0 N–H and O–H groups in total. The SMILES string of the molecule is O=S(=O)(N1CCN(c2cnc(-c3ccc(Cl)cc3)c(-c3ccccc3Cl)n2)CC1)C(F)(F)F.